The van der Waals surface area contributed by atoms with Crippen molar-refractivity contribution in [3.05, 3.63) is 53.9 Å². The number of benzene rings is 1. The zero-order chi connectivity index (χ0) is 14.4. The first-order chi connectivity index (χ1) is 9.68. The molecule has 1 atom stereocenters. The van der Waals surface area contributed by atoms with Gasteiger partial charge in [-0.1, -0.05) is 30.3 Å². The highest BCUT2D eigenvalue weighted by atomic mass is 16.4. The summed E-state index contributed by atoms with van der Waals surface area (Å²) in [7, 11) is 1.90. The van der Waals surface area contributed by atoms with Crippen LogP contribution in [0.5, 0.6) is 0 Å². The van der Waals surface area contributed by atoms with Crippen LogP contribution < -0.4 is 5.32 Å². The largest absolute Gasteiger partial charge is 0.481 e. The van der Waals surface area contributed by atoms with E-state index in [4.69, 9.17) is 0 Å². The summed E-state index contributed by atoms with van der Waals surface area (Å²) in [6.45, 7) is 1.16. The molecule has 0 amide bonds. The Hall–Kier alpha value is -2.14. The number of nitrogens with zero attached hydrogens (tertiary/aromatic N) is 2. The van der Waals surface area contributed by atoms with Gasteiger partial charge in [0.15, 0.2) is 0 Å². The molecular weight excluding hydrogens is 254 g/mol. The van der Waals surface area contributed by atoms with Crippen LogP contribution in [0.15, 0.2) is 42.6 Å². The van der Waals surface area contributed by atoms with Gasteiger partial charge in [-0.25, -0.2) is 0 Å². The Labute approximate surface area is 118 Å². The van der Waals surface area contributed by atoms with Crippen molar-refractivity contribution in [3.8, 4) is 0 Å². The van der Waals surface area contributed by atoms with E-state index in [0.717, 1.165) is 24.2 Å². The molecule has 0 fully saturated rings. The fourth-order valence-corrected chi connectivity index (χ4v) is 2.14. The number of aliphatic carboxylic acids is 1. The van der Waals surface area contributed by atoms with Crippen molar-refractivity contribution in [1.29, 1.82) is 0 Å². The van der Waals surface area contributed by atoms with E-state index in [2.05, 4.69) is 10.4 Å². The average Bonchev–Trinajstić information content (AvgIpc) is 2.85. The summed E-state index contributed by atoms with van der Waals surface area (Å²) in [6.07, 6.45) is 2.59. The first-order valence-electron chi connectivity index (χ1n) is 6.64. The highest BCUT2D eigenvalue weighted by molar-refractivity contribution is 5.76. The lowest BCUT2D eigenvalue weighted by Crippen LogP contribution is -2.28. The summed E-state index contributed by atoms with van der Waals surface area (Å²) in [6, 6.07) is 11.3. The molecule has 5 nitrogen and oxygen atoms in total. The number of carboxylic acid groups (broad SMARTS) is 1. The number of rotatable bonds is 7. The maximum Gasteiger partial charge on any atom is 0.312 e. The molecular formula is C15H19N3O2. The molecule has 0 radical (unpaired) electrons. The van der Waals surface area contributed by atoms with E-state index in [-0.39, 0.29) is 0 Å². The first-order valence-corrected chi connectivity index (χ1v) is 6.64. The van der Waals surface area contributed by atoms with Gasteiger partial charge in [-0.05, 0) is 11.6 Å². The summed E-state index contributed by atoms with van der Waals surface area (Å²) < 4.78 is 1.83. The summed E-state index contributed by atoms with van der Waals surface area (Å²) in [5.74, 6) is -1.31. The number of aryl methyl sites for hydroxylation is 1. The zero-order valence-corrected chi connectivity index (χ0v) is 11.5. The SMILES string of the molecule is Cn1nccc1CCNCC(C(=O)O)c1ccccc1. The normalized spacial score (nSPS) is 12.2. The van der Waals surface area contributed by atoms with Crippen LogP contribution in [0.4, 0.5) is 0 Å². The summed E-state index contributed by atoms with van der Waals surface area (Å²) in [5.41, 5.74) is 1.96. The minimum Gasteiger partial charge on any atom is -0.481 e. The summed E-state index contributed by atoms with van der Waals surface area (Å²) in [5, 5.41) is 16.6. The van der Waals surface area contributed by atoms with Crippen molar-refractivity contribution in [2.75, 3.05) is 13.1 Å². The minimum atomic E-state index is -0.802. The Morgan fingerprint density at radius 1 is 1.35 bits per heavy atom. The number of carbonyl (C=O) groups is 1. The summed E-state index contributed by atoms with van der Waals surface area (Å²) in [4.78, 5) is 11.3. The van der Waals surface area contributed by atoms with Crippen LogP contribution >= 0.6 is 0 Å². The van der Waals surface area contributed by atoms with Crippen molar-refractivity contribution in [1.82, 2.24) is 15.1 Å². The molecule has 1 heterocycles. The van der Waals surface area contributed by atoms with Gasteiger partial charge in [-0.2, -0.15) is 5.10 Å². The van der Waals surface area contributed by atoms with Gasteiger partial charge < -0.3 is 10.4 Å². The van der Waals surface area contributed by atoms with E-state index in [0.29, 0.717) is 6.54 Å². The molecule has 0 spiro atoms. The Balaban J connectivity index is 1.85. The Kier molecular flexibility index (Phi) is 4.90. The van der Waals surface area contributed by atoms with Gasteiger partial charge in [0.25, 0.3) is 0 Å². The van der Waals surface area contributed by atoms with Gasteiger partial charge in [0, 0.05) is 38.4 Å². The van der Waals surface area contributed by atoms with E-state index in [9.17, 15) is 9.90 Å². The van der Waals surface area contributed by atoms with Crippen molar-refractivity contribution in [2.24, 2.45) is 7.05 Å². The minimum absolute atomic E-state index is 0.428. The number of hydrogen-bond acceptors (Lipinski definition) is 3. The van der Waals surface area contributed by atoms with Crippen LogP contribution in [-0.2, 0) is 18.3 Å². The molecule has 2 N–H and O–H groups in total. The molecule has 5 heteroatoms. The highest BCUT2D eigenvalue weighted by Crippen LogP contribution is 2.14. The number of nitrogens with one attached hydrogen (secondary N) is 1. The monoisotopic (exact) mass is 273 g/mol. The van der Waals surface area contributed by atoms with E-state index >= 15 is 0 Å². The number of aromatic nitrogens is 2. The Morgan fingerprint density at radius 3 is 2.70 bits per heavy atom. The van der Waals surface area contributed by atoms with Gasteiger partial charge in [-0.15, -0.1) is 0 Å². The molecule has 1 aromatic carbocycles. The molecule has 0 aliphatic rings. The predicted octanol–water partition coefficient (Wildman–Crippen LogP) is 1.42. The fourth-order valence-electron chi connectivity index (χ4n) is 2.14. The molecule has 2 rings (SSSR count). The van der Waals surface area contributed by atoms with Crippen molar-refractivity contribution >= 4 is 5.97 Å². The van der Waals surface area contributed by atoms with E-state index in [1.54, 1.807) is 6.20 Å². The smallest absolute Gasteiger partial charge is 0.312 e. The molecule has 0 aliphatic heterocycles. The second kappa shape index (κ2) is 6.86. The molecule has 0 saturated heterocycles. The molecule has 0 aliphatic carbocycles. The lowest BCUT2D eigenvalue weighted by molar-refractivity contribution is -0.138. The Bertz CT molecular complexity index is 551. The second-order valence-electron chi connectivity index (χ2n) is 4.70. The lowest BCUT2D eigenvalue weighted by atomic mass is 9.99. The molecule has 0 bridgehead atoms. The average molecular weight is 273 g/mol. The third kappa shape index (κ3) is 3.68. The third-order valence-corrected chi connectivity index (χ3v) is 3.33. The van der Waals surface area contributed by atoms with Gasteiger partial charge in [0.1, 0.15) is 0 Å². The van der Waals surface area contributed by atoms with Crippen molar-refractivity contribution < 1.29 is 9.90 Å². The van der Waals surface area contributed by atoms with Gasteiger partial charge in [0.05, 0.1) is 5.92 Å². The second-order valence-corrected chi connectivity index (χ2v) is 4.70. The third-order valence-electron chi connectivity index (χ3n) is 3.33. The van der Waals surface area contributed by atoms with Crippen LogP contribution in [0, 0.1) is 0 Å². The van der Waals surface area contributed by atoms with Crippen LogP contribution in [0.1, 0.15) is 17.2 Å². The standard InChI is InChI=1S/C15H19N3O2/c1-18-13(8-10-17-18)7-9-16-11-14(15(19)20)12-5-3-2-4-6-12/h2-6,8,10,14,16H,7,9,11H2,1H3,(H,19,20). The van der Waals surface area contributed by atoms with E-state index < -0.39 is 11.9 Å². The quantitative estimate of drug-likeness (QED) is 0.749. The number of carboxylic acids is 1. The fraction of sp³-hybridized carbons (Fsp3) is 0.333. The molecule has 20 heavy (non-hydrogen) atoms. The van der Waals surface area contributed by atoms with Crippen molar-refractivity contribution in [2.45, 2.75) is 12.3 Å². The zero-order valence-electron chi connectivity index (χ0n) is 11.5. The molecule has 0 saturated carbocycles. The van der Waals surface area contributed by atoms with Gasteiger partial charge in [0.2, 0.25) is 0 Å². The van der Waals surface area contributed by atoms with Crippen LogP contribution in [0.25, 0.3) is 0 Å². The maximum atomic E-state index is 11.3. The topological polar surface area (TPSA) is 67.2 Å². The van der Waals surface area contributed by atoms with Crippen molar-refractivity contribution in [3.63, 3.8) is 0 Å². The van der Waals surface area contributed by atoms with Crippen LogP contribution in [0.3, 0.4) is 0 Å². The van der Waals surface area contributed by atoms with E-state index in [1.807, 2.05) is 48.1 Å². The molecule has 1 unspecified atom stereocenters. The Morgan fingerprint density at radius 2 is 2.10 bits per heavy atom. The van der Waals surface area contributed by atoms with E-state index in [1.165, 1.54) is 0 Å². The first kappa shape index (κ1) is 14.3. The molecule has 1 aromatic heterocycles. The van der Waals surface area contributed by atoms with Gasteiger partial charge in [-0.3, -0.25) is 9.48 Å². The predicted molar refractivity (Wildman–Crippen MR) is 76.6 cm³/mol. The van der Waals surface area contributed by atoms with Crippen LogP contribution in [0.2, 0.25) is 0 Å². The maximum absolute atomic E-state index is 11.3. The lowest BCUT2D eigenvalue weighted by Gasteiger charge is -2.13. The molecule has 2 aromatic rings. The number of hydrogen-bond donors (Lipinski definition) is 2. The van der Waals surface area contributed by atoms with Crippen LogP contribution in [-0.4, -0.2) is 33.9 Å². The van der Waals surface area contributed by atoms with Gasteiger partial charge >= 0.3 is 5.97 Å². The summed E-state index contributed by atoms with van der Waals surface area (Å²) >= 11 is 0. The highest BCUT2D eigenvalue weighted by Gasteiger charge is 2.18. The molecule has 106 valence electrons.